The van der Waals surface area contributed by atoms with E-state index in [1.807, 2.05) is 43.3 Å². The highest BCUT2D eigenvalue weighted by atomic mass is 32.2. The smallest absolute Gasteiger partial charge is 0.271 e. The van der Waals surface area contributed by atoms with Crippen LogP contribution in [0.25, 0.3) is 0 Å². The van der Waals surface area contributed by atoms with Crippen molar-refractivity contribution in [2.24, 2.45) is 0 Å². The van der Waals surface area contributed by atoms with Gasteiger partial charge in [0.25, 0.3) is 15.9 Å². The fraction of sp³-hybridized carbons (Fsp3) is 0.318. The second kappa shape index (κ2) is 9.67. The Morgan fingerprint density at radius 3 is 2.43 bits per heavy atom. The van der Waals surface area contributed by atoms with Crippen LogP contribution in [-0.4, -0.2) is 31.3 Å². The van der Waals surface area contributed by atoms with E-state index in [1.54, 1.807) is 36.7 Å². The summed E-state index contributed by atoms with van der Waals surface area (Å²) in [5.41, 5.74) is 1.56. The van der Waals surface area contributed by atoms with E-state index in [1.165, 1.54) is 10.5 Å². The number of benzene rings is 2. The topological polar surface area (TPSA) is 73.7 Å². The van der Waals surface area contributed by atoms with Gasteiger partial charge in [-0.2, -0.15) is 0 Å². The van der Waals surface area contributed by atoms with Gasteiger partial charge in [0, 0.05) is 25.4 Å². The van der Waals surface area contributed by atoms with Crippen molar-refractivity contribution in [2.45, 2.75) is 38.8 Å². The monoisotopic (exact) mass is 429 g/mol. The Labute approximate surface area is 177 Å². The van der Waals surface area contributed by atoms with E-state index in [9.17, 15) is 8.42 Å². The summed E-state index contributed by atoms with van der Waals surface area (Å²) in [5.74, 6) is 0.716. The van der Waals surface area contributed by atoms with E-state index in [-0.39, 0.29) is 17.3 Å². The number of hydrogen-bond donors (Lipinski definition) is 0. The van der Waals surface area contributed by atoms with Gasteiger partial charge in [0.05, 0.1) is 12.3 Å². The molecule has 3 aromatic rings. The Kier molecular flexibility index (Phi) is 6.99. The molecule has 0 atom stereocenters. The SMILES string of the molecule is CCOc1nn(CC)cc1S(=O)(=O)N(CC)c1cccc(OCc2ccccc2)c1. The summed E-state index contributed by atoms with van der Waals surface area (Å²) in [4.78, 5) is 0.0589. The van der Waals surface area contributed by atoms with Crippen LogP contribution in [0, 0.1) is 0 Å². The van der Waals surface area contributed by atoms with Gasteiger partial charge in [-0.3, -0.25) is 8.99 Å². The van der Waals surface area contributed by atoms with Gasteiger partial charge >= 0.3 is 0 Å². The van der Waals surface area contributed by atoms with Crippen molar-refractivity contribution in [1.29, 1.82) is 0 Å². The predicted octanol–water partition coefficient (Wildman–Crippen LogP) is 4.10. The molecule has 0 aliphatic carbocycles. The maximum atomic E-state index is 13.4. The summed E-state index contributed by atoms with van der Waals surface area (Å²) >= 11 is 0. The van der Waals surface area contributed by atoms with Gasteiger partial charge in [0.1, 0.15) is 12.4 Å². The van der Waals surface area contributed by atoms with Gasteiger partial charge in [-0.1, -0.05) is 36.4 Å². The lowest BCUT2D eigenvalue weighted by Gasteiger charge is -2.23. The van der Waals surface area contributed by atoms with E-state index in [0.717, 1.165) is 5.56 Å². The molecule has 0 radical (unpaired) electrons. The zero-order valence-corrected chi connectivity index (χ0v) is 18.3. The van der Waals surface area contributed by atoms with Crippen LogP contribution in [0.15, 0.2) is 65.7 Å². The van der Waals surface area contributed by atoms with Gasteiger partial charge in [-0.25, -0.2) is 8.42 Å². The Hall–Kier alpha value is -3.00. The van der Waals surface area contributed by atoms with Crippen molar-refractivity contribution in [1.82, 2.24) is 9.78 Å². The standard InChI is InChI=1S/C22H27N3O4S/c1-4-24-16-21(22(23-24)28-6-3)30(26,27)25(5-2)19-13-10-14-20(15-19)29-17-18-11-8-7-9-12-18/h7-16H,4-6,17H2,1-3H3. The highest BCUT2D eigenvalue weighted by Crippen LogP contribution is 2.31. The number of anilines is 1. The van der Waals surface area contributed by atoms with Crippen LogP contribution in [-0.2, 0) is 23.2 Å². The molecule has 3 rings (SSSR count). The predicted molar refractivity (Wildman–Crippen MR) is 116 cm³/mol. The Morgan fingerprint density at radius 2 is 1.77 bits per heavy atom. The third-order valence-corrected chi connectivity index (χ3v) is 6.40. The van der Waals surface area contributed by atoms with Crippen LogP contribution >= 0.6 is 0 Å². The molecule has 2 aromatic carbocycles. The van der Waals surface area contributed by atoms with Crippen molar-refractivity contribution < 1.29 is 17.9 Å². The summed E-state index contributed by atoms with van der Waals surface area (Å²) in [5, 5.41) is 4.24. The van der Waals surface area contributed by atoms with Gasteiger partial charge in [0.2, 0.25) is 0 Å². The van der Waals surface area contributed by atoms with Gasteiger partial charge in [0.15, 0.2) is 4.90 Å². The zero-order chi connectivity index (χ0) is 21.6. The number of nitrogens with zero attached hydrogens (tertiary/aromatic N) is 3. The number of sulfonamides is 1. The van der Waals surface area contributed by atoms with Crippen LogP contribution < -0.4 is 13.8 Å². The third kappa shape index (κ3) is 4.76. The van der Waals surface area contributed by atoms with E-state index >= 15 is 0 Å². The van der Waals surface area contributed by atoms with Crippen LogP contribution in [0.2, 0.25) is 0 Å². The molecule has 0 saturated carbocycles. The first-order valence-corrected chi connectivity index (χ1v) is 11.4. The summed E-state index contributed by atoms with van der Waals surface area (Å²) in [6.45, 7) is 7.02. The maximum Gasteiger partial charge on any atom is 0.271 e. The first kappa shape index (κ1) is 21.7. The number of aryl methyl sites for hydroxylation is 1. The molecule has 0 fully saturated rings. The molecule has 7 nitrogen and oxygen atoms in total. The lowest BCUT2D eigenvalue weighted by molar-refractivity contribution is 0.306. The number of hydrogen-bond acceptors (Lipinski definition) is 5. The van der Waals surface area contributed by atoms with Crippen molar-refractivity contribution >= 4 is 15.7 Å². The van der Waals surface area contributed by atoms with Gasteiger partial charge in [-0.05, 0) is 38.5 Å². The molecule has 8 heteroatoms. The minimum absolute atomic E-state index is 0.0589. The summed E-state index contributed by atoms with van der Waals surface area (Å²) < 4.78 is 41.1. The summed E-state index contributed by atoms with van der Waals surface area (Å²) in [6.07, 6.45) is 1.51. The average Bonchev–Trinajstić information content (AvgIpc) is 3.18. The second-order valence-corrected chi connectivity index (χ2v) is 8.36. The van der Waals surface area contributed by atoms with Crippen molar-refractivity contribution in [3.8, 4) is 11.6 Å². The van der Waals surface area contributed by atoms with Crippen LogP contribution in [0.4, 0.5) is 5.69 Å². The lowest BCUT2D eigenvalue weighted by atomic mass is 10.2. The normalized spacial score (nSPS) is 11.3. The molecular weight excluding hydrogens is 402 g/mol. The van der Waals surface area contributed by atoms with E-state index in [4.69, 9.17) is 9.47 Å². The largest absolute Gasteiger partial charge is 0.489 e. The Balaban J connectivity index is 1.89. The Morgan fingerprint density at radius 1 is 1.00 bits per heavy atom. The van der Waals surface area contributed by atoms with Crippen LogP contribution in [0.1, 0.15) is 26.3 Å². The van der Waals surface area contributed by atoms with E-state index in [2.05, 4.69) is 5.10 Å². The molecular formula is C22H27N3O4S. The number of ether oxygens (including phenoxy) is 2. The van der Waals surface area contributed by atoms with Crippen LogP contribution in [0.5, 0.6) is 11.6 Å². The molecule has 0 aliphatic rings. The number of aromatic nitrogens is 2. The molecule has 0 amide bonds. The zero-order valence-electron chi connectivity index (χ0n) is 17.5. The average molecular weight is 430 g/mol. The summed E-state index contributed by atoms with van der Waals surface area (Å²) in [7, 11) is -3.86. The molecule has 30 heavy (non-hydrogen) atoms. The summed E-state index contributed by atoms with van der Waals surface area (Å²) in [6, 6.07) is 16.9. The molecule has 0 aliphatic heterocycles. The fourth-order valence-electron chi connectivity index (χ4n) is 3.04. The van der Waals surface area contributed by atoms with Crippen molar-refractivity contribution in [2.75, 3.05) is 17.5 Å². The molecule has 1 aromatic heterocycles. The van der Waals surface area contributed by atoms with E-state index in [0.29, 0.717) is 31.2 Å². The minimum Gasteiger partial charge on any atom is -0.489 e. The molecule has 0 spiro atoms. The molecule has 0 unspecified atom stereocenters. The first-order chi connectivity index (χ1) is 14.5. The molecule has 160 valence electrons. The van der Waals surface area contributed by atoms with Crippen LogP contribution in [0.3, 0.4) is 0 Å². The molecule has 0 bridgehead atoms. The maximum absolute atomic E-state index is 13.4. The molecule has 1 heterocycles. The first-order valence-electron chi connectivity index (χ1n) is 9.99. The highest BCUT2D eigenvalue weighted by Gasteiger charge is 2.30. The molecule has 0 N–H and O–H groups in total. The van der Waals surface area contributed by atoms with E-state index < -0.39 is 10.0 Å². The lowest BCUT2D eigenvalue weighted by Crippen LogP contribution is -2.31. The molecule has 0 saturated heterocycles. The fourth-order valence-corrected chi connectivity index (χ4v) is 4.58. The quantitative estimate of drug-likeness (QED) is 0.485. The minimum atomic E-state index is -3.86. The van der Waals surface area contributed by atoms with Crippen molar-refractivity contribution in [3.05, 3.63) is 66.4 Å². The number of rotatable bonds is 10. The van der Waals surface area contributed by atoms with Crippen molar-refractivity contribution in [3.63, 3.8) is 0 Å². The Bertz CT molecular complexity index is 1060. The van der Waals surface area contributed by atoms with Gasteiger partial charge < -0.3 is 9.47 Å². The van der Waals surface area contributed by atoms with Gasteiger partial charge in [-0.15, -0.1) is 5.10 Å². The highest BCUT2D eigenvalue weighted by molar-refractivity contribution is 7.93. The third-order valence-electron chi connectivity index (χ3n) is 4.51. The second-order valence-electron chi connectivity index (χ2n) is 6.53.